The van der Waals surface area contributed by atoms with Gasteiger partial charge in [-0.1, -0.05) is 0 Å². The molecule has 7 heteroatoms. The molecule has 3 rings (SSSR count). The summed E-state index contributed by atoms with van der Waals surface area (Å²) in [6.45, 7) is 0. The van der Waals surface area contributed by atoms with Crippen molar-refractivity contribution in [1.82, 2.24) is 5.43 Å². The maximum atomic E-state index is 13.5. The van der Waals surface area contributed by atoms with Crippen molar-refractivity contribution in [2.45, 2.75) is 11.7 Å². The third kappa shape index (κ3) is 4.11. The number of halogens is 1. The number of nitrogens with one attached hydrogen (secondary N) is 2. The van der Waals surface area contributed by atoms with Gasteiger partial charge in [-0.3, -0.25) is 0 Å². The molecule has 0 spiro atoms. The second-order valence-electron chi connectivity index (χ2n) is 5.10. The van der Waals surface area contributed by atoms with Crippen LogP contribution in [0, 0.1) is 5.82 Å². The van der Waals surface area contributed by atoms with Crippen LogP contribution in [0.3, 0.4) is 0 Å². The van der Waals surface area contributed by atoms with Crippen molar-refractivity contribution in [3.8, 4) is 5.75 Å². The summed E-state index contributed by atoms with van der Waals surface area (Å²) < 4.78 is 19.9. The summed E-state index contributed by atoms with van der Waals surface area (Å²) in [6, 6.07) is 12.4. The van der Waals surface area contributed by atoms with Gasteiger partial charge >= 0.3 is 152 Å². The number of benzene rings is 2. The first-order valence-electron chi connectivity index (χ1n) is 7.36. The Hall–Kier alpha value is -1.95. The molecule has 2 aromatic carbocycles. The van der Waals surface area contributed by atoms with Crippen LogP contribution in [0.25, 0.3) is 0 Å². The van der Waals surface area contributed by atoms with Gasteiger partial charge in [0.05, 0.1) is 0 Å². The van der Waals surface area contributed by atoms with E-state index >= 15 is 0 Å². The molecule has 1 aliphatic heterocycles. The Bertz CT molecular complexity index is 797. The van der Waals surface area contributed by atoms with E-state index in [4.69, 9.17) is 17.0 Å². The Labute approximate surface area is 151 Å². The van der Waals surface area contributed by atoms with Gasteiger partial charge in [0, 0.05) is 0 Å². The number of rotatable bonds is 3. The van der Waals surface area contributed by atoms with E-state index in [9.17, 15) is 4.39 Å². The zero-order valence-corrected chi connectivity index (χ0v) is 15.5. The summed E-state index contributed by atoms with van der Waals surface area (Å²) in [6.07, 6.45) is 0.825. The number of hydrazone groups is 1. The van der Waals surface area contributed by atoms with Gasteiger partial charge in [-0.05, 0) is 0 Å². The molecule has 2 N–H and O–H groups in total. The van der Waals surface area contributed by atoms with E-state index in [1.807, 2.05) is 30.3 Å². The SMILES string of the molecule is COc1cccc(NC(=S)N/N=C2\CC[Se]c3ccc(F)cc32)c1. The molecule has 0 radical (unpaired) electrons. The fourth-order valence-electron chi connectivity index (χ4n) is 2.34. The molecule has 0 aliphatic carbocycles. The van der Waals surface area contributed by atoms with Crippen LogP contribution in [0.2, 0.25) is 5.32 Å². The van der Waals surface area contributed by atoms with E-state index in [0.29, 0.717) is 20.1 Å². The topological polar surface area (TPSA) is 45.6 Å². The van der Waals surface area contributed by atoms with Gasteiger partial charge in [-0.2, -0.15) is 0 Å². The molecule has 4 nitrogen and oxygen atoms in total. The van der Waals surface area contributed by atoms with Crippen LogP contribution in [-0.4, -0.2) is 32.9 Å². The number of ether oxygens (including phenoxy) is 1. The Morgan fingerprint density at radius 3 is 3.00 bits per heavy atom. The molecule has 0 unspecified atom stereocenters. The van der Waals surface area contributed by atoms with Gasteiger partial charge in [0.25, 0.3) is 0 Å². The number of methoxy groups -OCH3 is 1. The molecule has 124 valence electrons. The Balaban J connectivity index is 1.70. The first kappa shape index (κ1) is 16.9. The van der Waals surface area contributed by atoms with Crippen LogP contribution in [0.1, 0.15) is 12.0 Å². The summed E-state index contributed by atoms with van der Waals surface area (Å²) in [7, 11) is 1.61. The fourth-order valence-corrected chi connectivity index (χ4v) is 4.63. The van der Waals surface area contributed by atoms with E-state index in [2.05, 4.69) is 15.8 Å². The number of hydrogen-bond donors (Lipinski definition) is 2. The Morgan fingerprint density at radius 1 is 1.29 bits per heavy atom. The van der Waals surface area contributed by atoms with Crippen LogP contribution in [0.4, 0.5) is 10.1 Å². The Morgan fingerprint density at radius 2 is 2.17 bits per heavy atom. The van der Waals surface area contributed by atoms with E-state index in [-0.39, 0.29) is 5.82 Å². The summed E-state index contributed by atoms with van der Waals surface area (Å²) in [4.78, 5) is 0. The van der Waals surface area contributed by atoms with Crippen LogP contribution >= 0.6 is 12.2 Å². The molecule has 24 heavy (non-hydrogen) atoms. The molecular formula is C17H16FN3OSSe. The van der Waals surface area contributed by atoms with Crippen LogP contribution < -0.4 is 19.9 Å². The Kier molecular flexibility index (Phi) is 5.45. The predicted octanol–water partition coefficient (Wildman–Crippen LogP) is 2.68. The average molecular weight is 408 g/mol. The van der Waals surface area contributed by atoms with E-state index in [0.717, 1.165) is 34.5 Å². The number of anilines is 1. The summed E-state index contributed by atoms with van der Waals surface area (Å²) in [5, 5.41) is 8.87. The van der Waals surface area contributed by atoms with E-state index in [1.165, 1.54) is 10.5 Å². The van der Waals surface area contributed by atoms with E-state index < -0.39 is 0 Å². The molecule has 0 aromatic heterocycles. The molecule has 2 aromatic rings. The summed E-state index contributed by atoms with van der Waals surface area (Å²) >= 11 is 5.64. The van der Waals surface area contributed by atoms with Crippen LogP contribution in [0.5, 0.6) is 5.75 Å². The normalized spacial score (nSPS) is 14.8. The predicted molar refractivity (Wildman–Crippen MR) is 100 cm³/mol. The molecule has 0 fully saturated rings. The quantitative estimate of drug-likeness (QED) is 0.466. The van der Waals surface area contributed by atoms with Crippen molar-refractivity contribution in [2.24, 2.45) is 5.10 Å². The first-order valence-corrected chi connectivity index (χ1v) is 9.83. The minimum absolute atomic E-state index is 0.240. The second kappa shape index (κ2) is 7.75. The van der Waals surface area contributed by atoms with E-state index in [1.54, 1.807) is 13.2 Å². The number of thiocarbonyl (C=S) groups is 1. The van der Waals surface area contributed by atoms with Crippen molar-refractivity contribution in [3.05, 3.63) is 53.8 Å². The maximum absolute atomic E-state index is 13.5. The molecule has 1 aliphatic rings. The first-order chi connectivity index (χ1) is 11.7. The van der Waals surface area contributed by atoms with Crippen LogP contribution in [-0.2, 0) is 0 Å². The number of fused-ring (bicyclic) bond motifs is 1. The van der Waals surface area contributed by atoms with Gasteiger partial charge in [-0.25, -0.2) is 0 Å². The zero-order valence-electron chi connectivity index (χ0n) is 13.0. The third-order valence-electron chi connectivity index (χ3n) is 3.47. The molecule has 1 heterocycles. The number of nitrogens with zero attached hydrogens (tertiary/aromatic N) is 1. The fraction of sp³-hybridized carbons (Fsp3) is 0.176. The second-order valence-corrected chi connectivity index (χ2v) is 7.89. The molecule has 0 atom stereocenters. The molecule has 0 bridgehead atoms. The summed E-state index contributed by atoms with van der Waals surface area (Å²) in [5.41, 5.74) is 5.39. The molecule has 0 saturated heterocycles. The van der Waals surface area contributed by atoms with Gasteiger partial charge in [0.2, 0.25) is 0 Å². The van der Waals surface area contributed by atoms with Crippen molar-refractivity contribution in [2.75, 3.05) is 12.4 Å². The third-order valence-corrected chi connectivity index (χ3v) is 5.92. The standard InChI is InChI=1S/C17H16FN3OSSe/c1-22-13-4-2-3-12(10-13)19-17(23)21-20-15-7-8-24-16-6-5-11(18)9-14(15)16/h2-6,9-10H,7-8H2,1H3,(H2,19,21,23)/b20-15+. The van der Waals surface area contributed by atoms with Crippen molar-refractivity contribution in [3.63, 3.8) is 0 Å². The summed E-state index contributed by atoms with van der Waals surface area (Å²) in [5.74, 6) is 0.504. The van der Waals surface area contributed by atoms with Crippen molar-refractivity contribution in [1.29, 1.82) is 0 Å². The van der Waals surface area contributed by atoms with Crippen molar-refractivity contribution < 1.29 is 9.13 Å². The van der Waals surface area contributed by atoms with Crippen LogP contribution in [0.15, 0.2) is 47.6 Å². The van der Waals surface area contributed by atoms with Gasteiger partial charge in [-0.15, -0.1) is 0 Å². The molecule has 0 saturated carbocycles. The minimum atomic E-state index is -0.240. The van der Waals surface area contributed by atoms with Gasteiger partial charge in [0.1, 0.15) is 0 Å². The molecular weight excluding hydrogens is 392 g/mol. The monoisotopic (exact) mass is 409 g/mol. The number of hydrogen-bond acceptors (Lipinski definition) is 3. The van der Waals surface area contributed by atoms with Crippen molar-refractivity contribution >= 4 is 48.1 Å². The average Bonchev–Trinajstić information content (AvgIpc) is 2.60. The van der Waals surface area contributed by atoms with Gasteiger partial charge < -0.3 is 0 Å². The molecule has 0 amide bonds. The van der Waals surface area contributed by atoms with Gasteiger partial charge in [0.15, 0.2) is 0 Å². The zero-order chi connectivity index (χ0) is 16.9.